The van der Waals surface area contributed by atoms with E-state index in [4.69, 9.17) is 0 Å². The van der Waals surface area contributed by atoms with Crippen LogP contribution in [-0.4, -0.2) is 6.21 Å². The van der Waals surface area contributed by atoms with Crippen molar-refractivity contribution in [3.05, 3.63) is 65.2 Å². The number of nitrogens with one attached hydrogen (secondary N) is 1. The van der Waals surface area contributed by atoms with Crippen LogP contribution >= 0.6 is 0 Å². The van der Waals surface area contributed by atoms with Crippen molar-refractivity contribution in [3.63, 3.8) is 0 Å². The molecule has 2 aromatic carbocycles. The highest BCUT2D eigenvalue weighted by Crippen LogP contribution is 2.34. The number of hydrogen-bond acceptors (Lipinski definition) is 2. The predicted molar refractivity (Wildman–Crippen MR) is 74.1 cm³/mol. The summed E-state index contributed by atoms with van der Waals surface area (Å²) in [7, 11) is 0. The highest BCUT2D eigenvalue weighted by Gasteiger charge is 2.33. The van der Waals surface area contributed by atoms with Crippen molar-refractivity contribution < 1.29 is 26.3 Å². The molecule has 0 saturated heterocycles. The fourth-order valence-electron chi connectivity index (χ4n) is 1.76. The van der Waals surface area contributed by atoms with Crippen LogP contribution in [-0.2, 0) is 12.4 Å². The molecule has 0 spiro atoms. The zero-order valence-corrected chi connectivity index (χ0v) is 11.4. The first-order chi connectivity index (χ1) is 10.7. The van der Waals surface area contributed by atoms with Gasteiger partial charge < -0.3 is 0 Å². The molecule has 0 fully saturated rings. The third-order valence-electron chi connectivity index (χ3n) is 2.87. The monoisotopic (exact) mass is 332 g/mol. The second-order valence-corrected chi connectivity index (χ2v) is 4.53. The van der Waals surface area contributed by atoms with Crippen molar-refractivity contribution >= 4 is 11.9 Å². The SMILES string of the molecule is FC(F)(F)c1ccc(/C=N/Nc2ccccc2C(F)(F)F)cc1. The van der Waals surface area contributed by atoms with Crippen LogP contribution in [0, 0.1) is 0 Å². The standard InChI is InChI=1S/C15H10F6N2/c16-14(17,18)11-7-5-10(6-8-11)9-22-23-13-4-2-1-3-12(13)15(19,20)21/h1-9,23H/b22-9+. The Labute approximate surface area is 127 Å². The van der Waals surface area contributed by atoms with Gasteiger partial charge in [0.1, 0.15) is 0 Å². The molecule has 0 unspecified atom stereocenters. The number of anilines is 1. The van der Waals surface area contributed by atoms with E-state index in [9.17, 15) is 26.3 Å². The first kappa shape index (κ1) is 16.9. The van der Waals surface area contributed by atoms with Gasteiger partial charge in [0.2, 0.25) is 0 Å². The van der Waals surface area contributed by atoms with E-state index in [1.165, 1.54) is 30.3 Å². The molecule has 23 heavy (non-hydrogen) atoms. The van der Waals surface area contributed by atoms with Gasteiger partial charge in [-0.05, 0) is 29.8 Å². The normalized spacial score (nSPS) is 12.6. The Hall–Kier alpha value is -2.51. The largest absolute Gasteiger partial charge is 0.418 e. The molecule has 0 heterocycles. The van der Waals surface area contributed by atoms with Crippen LogP contribution in [0.25, 0.3) is 0 Å². The van der Waals surface area contributed by atoms with Gasteiger partial charge in [-0.3, -0.25) is 5.43 Å². The van der Waals surface area contributed by atoms with Crippen molar-refractivity contribution in [2.75, 3.05) is 5.43 Å². The Morgan fingerprint density at radius 3 is 1.96 bits per heavy atom. The molecular weight excluding hydrogens is 322 g/mol. The van der Waals surface area contributed by atoms with Gasteiger partial charge >= 0.3 is 12.4 Å². The molecule has 0 amide bonds. The van der Waals surface area contributed by atoms with Crippen molar-refractivity contribution in [3.8, 4) is 0 Å². The Bertz CT molecular complexity index is 686. The molecular formula is C15H10F6N2. The van der Waals surface area contributed by atoms with Crippen molar-refractivity contribution in [1.29, 1.82) is 0 Å². The fraction of sp³-hybridized carbons (Fsp3) is 0.133. The summed E-state index contributed by atoms with van der Waals surface area (Å²) in [4.78, 5) is 0. The van der Waals surface area contributed by atoms with Gasteiger partial charge in [0.05, 0.1) is 23.0 Å². The second-order valence-electron chi connectivity index (χ2n) is 4.53. The molecule has 122 valence electrons. The van der Waals surface area contributed by atoms with Crippen LogP contribution in [0.3, 0.4) is 0 Å². The van der Waals surface area contributed by atoms with Crippen LogP contribution in [0.15, 0.2) is 53.6 Å². The summed E-state index contributed by atoms with van der Waals surface area (Å²) >= 11 is 0. The average Bonchev–Trinajstić information content (AvgIpc) is 2.46. The number of nitrogens with zero attached hydrogens (tertiary/aromatic N) is 1. The molecule has 0 aliphatic heterocycles. The minimum Gasteiger partial charge on any atom is -0.278 e. The lowest BCUT2D eigenvalue weighted by Crippen LogP contribution is -2.08. The van der Waals surface area contributed by atoms with E-state index in [2.05, 4.69) is 10.5 Å². The quantitative estimate of drug-likeness (QED) is 0.468. The highest BCUT2D eigenvalue weighted by atomic mass is 19.4. The summed E-state index contributed by atoms with van der Waals surface area (Å²) < 4.78 is 75.5. The van der Waals surface area contributed by atoms with Gasteiger partial charge in [0, 0.05) is 0 Å². The average molecular weight is 332 g/mol. The number of alkyl halides is 6. The zero-order chi connectivity index (χ0) is 17.1. The lowest BCUT2D eigenvalue weighted by atomic mass is 10.1. The minimum atomic E-state index is -4.53. The van der Waals surface area contributed by atoms with Crippen molar-refractivity contribution in [2.24, 2.45) is 5.10 Å². The molecule has 2 aromatic rings. The Kier molecular flexibility index (Phi) is 4.63. The number of hydrazone groups is 1. The number of halogens is 6. The van der Waals surface area contributed by atoms with Crippen LogP contribution in [0.4, 0.5) is 32.0 Å². The number of rotatable bonds is 3. The number of para-hydroxylation sites is 1. The van der Waals surface area contributed by atoms with E-state index in [0.717, 1.165) is 24.4 Å². The lowest BCUT2D eigenvalue weighted by molar-refractivity contribution is -0.138. The van der Waals surface area contributed by atoms with Crippen molar-refractivity contribution in [2.45, 2.75) is 12.4 Å². The topological polar surface area (TPSA) is 24.4 Å². The maximum atomic E-state index is 12.8. The summed E-state index contributed by atoms with van der Waals surface area (Å²) in [6, 6.07) is 8.82. The van der Waals surface area contributed by atoms with E-state index >= 15 is 0 Å². The zero-order valence-electron chi connectivity index (χ0n) is 11.4. The smallest absolute Gasteiger partial charge is 0.278 e. The van der Waals surface area contributed by atoms with Crippen LogP contribution in [0.1, 0.15) is 16.7 Å². The lowest BCUT2D eigenvalue weighted by Gasteiger charge is -2.11. The molecule has 0 atom stereocenters. The maximum absolute atomic E-state index is 12.8. The first-order valence-electron chi connectivity index (χ1n) is 6.30. The summed E-state index contributed by atoms with van der Waals surface area (Å²) in [5.74, 6) is 0. The van der Waals surface area contributed by atoms with Gasteiger partial charge in [0.25, 0.3) is 0 Å². The predicted octanol–water partition coefficient (Wildman–Crippen LogP) is 5.17. The molecule has 8 heteroatoms. The van der Waals surface area contributed by atoms with Gasteiger partial charge in [0.15, 0.2) is 0 Å². The highest BCUT2D eigenvalue weighted by molar-refractivity contribution is 5.80. The van der Waals surface area contributed by atoms with E-state index < -0.39 is 23.5 Å². The van der Waals surface area contributed by atoms with Crippen LogP contribution < -0.4 is 5.43 Å². The van der Waals surface area contributed by atoms with E-state index in [1.807, 2.05) is 0 Å². The Morgan fingerprint density at radius 1 is 0.783 bits per heavy atom. The van der Waals surface area contributed by atoms with Crippen LogP contribution in [0.5, 0.6) is 0 Å². The Morgan fingerprint density at radius 2 is 1.39 bits per heavy atom. The summed E-state index contributed by atoms with van der Waals surface area (Å²) in [6.45, 7) is 0. The van der Waals surface area contributed by atoms with E-state index in [-0.39, 0.29) is 5.69 Å². The second kappa shape index (κ2) is 6.31. The third kappa shape index (κ3) is 4.48. The number of benzene rings is 2. The molecule has 0 aromatic heterocycles. The fourth-order valence-corrected chi connectivity index (χ4v) is 1.76. The molecule has 0 bridgehead atoms. The summed E-state index contributed by atoms with van der Waals surface area (Å²) in [5.41, 5.74) is 0.609. The maximum Gasteiger partial charge on any atom is 0.418 e. The van der Waals surface area contributed by atoms with E-state index in [0.29, 0.717) is 5.56 Å². The molecule has 2 rings (SSSR count). The Balaban J connectivity index is 2.11. The first-order valence-corrected chi connectivity index (χ1v) is 6.30. The molecule has 0 aliphatic rings. The molecule has 2 nitrogen and oxygen atoms in total. The van der Waals surface area contributed by atoms with E-state index in [1.54, 1.807) is 0 Å². The van der Waals surface area contributed by atoms with Gasteiger partial charge in [-0.25, -0.2) is 0 Å². The number of hydrogen-bond donors (Lipinski definition) is 1. The summed E-state index contributed by atoms with van der Waals surface area (Å²) in [5, 5.41) is 3.62. The minimum absolute atomic E-state index is 0.247. The third-order valence-corrected chi connectivity index (χ3v) is 2.87. The van der Waals surface area contributed by atoms with Gasteiger partial charge in [-0.15, -0.1) is 0 Å². The molecule has 0 aliphatic carbocycles. The van der Waals surface area contributed by atoms with Gasteiger partial charge in [-0.2, -0.15) is 31.4 Å². The van der Waals surface area contributed by atoms with Crippen molar-refractivity contribution in [1.82, 2.24) is 0 Å². The molecule has 0 saturated carbocycles. The van der Waals surface area contributed by atoms with Gasteiger partial charge in [-0.1, -0.05) is 24.3 Å². The molecule has 0 radical (unpaired) electrons. The van der Waals surface area contributed by atoms with Crippen LogP contribution in [0.2, 0.25) is 0 Å². The molecule has 1 N–H and O–H groups in total. The summed E-state index contributed by atoms with van der Waals surface area (Å²) in [6.07, 6.45) is -7.85.